The summed E-state index contributed by atoms with van der Waals surface area (Å²) < 4.78 is 4.95. The molecule has 0 aromatic heterocycles. The predicted octanol–water partition coefficient (Wildman–Crippen LogP) is 1.24. The van der Waals surface area contributed by atoms with Crippen LogP contribution in [0, 0.1) is 40.8 Å². The Morgan fingerprint density at radius 3 is 2.29 bits per heavy atom. The summed E-state index contributed by atoms with van der Waals surface area (Å²) >= 11 is 8.12. The molecule has 0 aliphatic heterocycles. The van der Waals surface area contributed by atoms with E-state index in [-0.39, 0.29) is 40.8 Å². The molecule has 0 radical (unpaired) electrons. The maximum Gasteiger partial charge on any atom is 0.216 e. The molecule has 1 nitrogen and oxygen atoms in total. The van der Waals surface area contributed by atoms with E-state index >= 15 is 0 Å². The Morgan fingerprint density at radius 1 is 1.86 bits per heavy atom. The molecule has 40 valence electrons. The third kappa shape index (κ3) is 11.3. The molecule has 0 aromatic rings. The van der Waals surface area contributed by atoms with Crippen LogP contribution in [-0.2, 0) is 4.74 Å². The predicted molar refractivity (Wildman–Crippen MR) is 33.2 cm³/mol. The van der Waals surface area contributed by atoms with Gasteiger partial charge in [0.2, 0.25) is 4.38 Å². The molecule has 0 N–H and O–H groups in total. The van der Waals surface area contributed by atoms with Gasteiger partial charge < -0.3 is 4.74 Å². The van der Waals surface area contributed by atoms with Crippen LogP contribution < -0.4 is 0 Å². The molecule has 0 fully saturated rings. The van der Waals surface area contributed by atoms with Crippen molar-refractivity contribution in [3.63, 3.8) is 0 Å². The summed E-state index contributed by atoms with van der Waals surface area (Å²) in [6, 6.07) is 0. The average molecular weight is 266 g/mol. The van der Waals surface area contributed by atoms with E-state index in [4.69, 9.17) is 0 Å². The summed E-state index contributed by atoms with van der Waals surface area (Å²) in [5.41, 5.74) is 0. The van der Waals surface area contributed by atoms with Crippen molar-refractivity contribution in [2.45, 2.75) is 6.92 Å². The SMILES string of the molecule is CCOC(=S)S.[Nd]. The van der Waals surface area contributed by atoms with Crippen molar-refractivity contribution in [3.8, 4) is 0 Å². The molecule has 0 aliphatic carbocycles. The van der Waals surface area contributed by atoms with Crippen LogP contribution in [0.5, 0.6) is 0 Å². The van der Waals surface area contributed by atoms with Crippen LogP contribution >= 0.6 is 24.8 Å². The van der Waals surface area contributed by atoms with Crippen molar-refractivity contribution in [3.05, 3.63) is 0 Å². The smallest absolute Gasteiger partial charge is 0.216 e. The molecule has 0 amide bonds. The van der Waals surface area contributed by atoms with Crippen molar-refractivity contribution in [1.82, 2.24) is 0 Å². The number of hydrogen-bond acceptors (Lipinski definition) is 2. The van der Waals surface area contributed by atoms with E-state index < -0.39 is 0 Å². The topological polar surface area (TPSA) is 9.23 Å². The number of thiol groups is 1. The van der Waals surface area contributed by atoms with E-state index in [1.165, 1.54) is 0 Å². The fourth-order valence-corrected chi connectivity index (χ4v) is 0.370. The fraction of sp³-hybridized carbons (Fsp3) is 0.667. The Balaban J connectivity index is 0. The average Bonchev–Trinajstić information content (AvgIpc) is 1.35. The first kappa shape index (κ1) is 11.4. The quantitative estimate of drug-likeness (QED) is 0.565. The van der Waals surface area contributed by atoms with Crippen LogP contribution in [-0.4, -0.2) is 11.0 Å². The molecule has 0 heterocycles. The summed E-state index contributed by atoms with van der Waals surface area (Å²) in [5, 5.41) is 0. The zero-order valence-corrected chi connectivity index (χ0v) is 8.89. The Labute approximate surface area is 87.1 Å². The summed E-state index contributed by atoms with van der Waals surface area (Å²) in [6.07, 6.45) is 0. The molecule has 4 heteroatoms. The van der Waals surface area contributed by atoms with Gasteiger partial charge in [-0.25, -0.2) is 0 Å². The van der Waals surface area contributed by atoms with E-state index in [9.17, 15) is 0 Å². The summed E-state index contributed by atoms with van der Waals surface area (Å²) in [6.45, 7) is 2.48. The van der Waals surface area contributed by atoms with Gasteiger partial charge in [0.1, 0.15) is 0 Å². The molecule has 0 aliphatic rings. The minimum atomic E-state index is 0. The van der Waals surface area contributed by atoms with Gasteiger partial charge >= 0.3 is 0 Å². The van der Waals surface area contributed by atoms with Crippen molar-refractivity contribution in [2.75, 3.05) is 6.61 Å². The van der Waals surface area contributed by atoms with Crippen LogP contribution in [0.1, 0.15) is 6.92 Å². The van der Waals surface area contributed by atoms with Gasteiger partial charge in [-0.3, -0.25) is 0 Å². The first-order valence-electron chi connectivity index (χ1n) is 1.63. The summed E-state index contributed by atoms with van der Waals surface area (Å²) in [5.74, 6) is 0. The number of ether oxygens (including phenoxy) is 1. The molecule has 0 aromatic carbocycles. The normalized spacial score (nSPS) is 6.57. The van der Waals surface area contributed by atoms with Gasteiger partial charge in [-0.2, -0.15) is 0 Å². The third-order valence-corrected chi connectivity index (χ3v) is 0.515. The second-order valence-electron chi connectivity index (χ2n) is 0.699. The van der Waals surface area contributed by atoms with Crippen molar-refractivity contribution in [1.29, 1.82) is 0 Å². The number of thiocarbonyl (C=S) groups is 1. The maximum atomic E-state index is 4.64. The Morgan fingerprint density at radius 2 is 2.29 bits per heavy atom. The van der Waals surface area contributed by atoms with Crippen LogP contribution in [0.25, 0.3) is 0 Å². The molecule has 0 rings (SSSR count). The van der Waals surface area contributed by atoms with Gasteiger partial charge in [-0.15, -0.1) is 0 Å². The Hall–Kier alpha value is 1.59. The zero-order valence-electron chi connectivity index (χ0n) is 3.97. The molecular weight excluding hydrogens is 260 g/mol. The second kappa shape index (κ2) is 7.59. The van der Waals surface area contributed by atoms with Gasteiger partial charge in [0.25, 0.3) is 0 Å². The summed E-state index contributed by atoms with van der Waals surface area (Å²) in [7, 11) is 0. The molecular formula is C3H6NdOS2. The Kier molecular flexibility index (Phi) is 12.4. The van der Waals surface area contributed by atoms with E-state index in [1.54, 1.807) is 0 Å². The molecule has 0 spiro atoms. The van der Waals surface area contributed by atoms with Crippen LogP contribution in [0.4, 0.5) is 0 Å². The minimum absolute atomic E-state index is 0. The number of rotatable bonds is 1. The van der Waals surface area contributed by atoms with E-state index in [0.29, 0.717) is 11.0 Å². The first-order valence-corrected chi connectivity index (χ1v) is 2.48. The number of hydrogen-bond donors (Lipinski definition) is 1. The second-order valence-corrected chi connectivity index (χ2v) is 1.78. The van der Waals surface area contributed by atoms with Crippen molar-refractivity contribution >= 4 is 29.2 Å². The third-order valence-electron chi connectivity index (χ3n) is 0.268. The standard InChI is InChI=1S/C3H6OS2.Nd/c1-2-4-3(5)6;/h2H2,1H3,(H,5,6);. The maximum absolute atomic E-state index is 4.64. The van der Waals surface area contributed by atoms with E-state index in [0.717, 1.165) is 0 Å². The zero-order chi connectivity index (χ0) is 4.99. The fourth-order valence-electron chi connectivity index (χ4n) is 0.123. The van der Waals surface area contributed by atoms with E-state index in [1.807, 2.05) is 6.92 Å². The van der Waals surface area contributed by atoms with Gasteiger partial charge in [0.05, 0.1) is 6.61 Å². The summed E-state index contributed by atoms with van der Waals surface area (Å²) in [4.78, 5) is 0. The molecule has 0 atom stereocenters. The van der Waals surface area contributed by atoms with E-state index in [2.05, 4.69) is 29.6 Å². The molecule has 0 saturated heterocycles. The van der Waals surface area contributed by atoms with Crippen LogP contribution in [0.2, 0.25) is 0 Å². The van der Waals surface area contributed by atoms with Gasteiger partial charge in [0, 0.05) is 40.8 Å². The van der Waals surface area contributed by atoms with Crippen LogP contribution in [0.15, 0.2) is 0 Å². The molecule has 0 saturated carbocycles. The minimum Gasteiger partial charge on any atom is -0.479 e. The van der Waals surface area contributed by atoms with Crippen LogP contribution in [0.3, 0.4) is 0 Å². The first-order chi connectivity index (χ1) is 2.77. The van der Waals surface area contributed by atoms with Gasteiger partial charge in [-0.1, -0.05) is 12.6 Å². The Bertz CT molecular complexity index is 56.9. The monoisotopic (exact) mass is 264 g/mol. The molecule has 0 unspecified atom stereocenters. The largest absolute Gasteiger partial charge is 0.479 e. The molecule has 0 bridgehead atoms. The van der Waals surface area contributed by atoms with Gasteiger partial charge in [-0.05, 0) is 19.1 Å². The van der Waals surface area contributed by atoms with Gasteiger partial charge in [0.15, 0.2) is 0 Å². The van der Waals surface area contributed by atoms with Crippen molar-refractivity contribution in [2.24, 2.45) is 0 Å². The van der Waals surface area contributed by atoms with Crippen molar-refractivity contribution < 1.29 is 45.6 Å². The molecule has 7 heavy (non-hydrogen) atoms.